The number of anilines is 2. The van der Waals surface area contributed by atoms with Crippen molar-refractivity contribution in [3.05, 3.63) is 53.6 Å². The van der Waals surface area contributed by atoms with Crippen LogP contribution in [0.4, 0.5) is 11.4 Å². The summed E-state index contributed by atoms with van der Waals surface area (Å²) in [5, 5.41) is 6.16. The van der Waals surface area contributed by atoms with Crippen molar-refractivity contribution < 1.29 is 13.2 Å². The minimum Gasteiger partial charge on any atom is -0.333 e. The Bertz CT molecular complexity index is 929. The van der Waals surface area contributed by atoms with E-state index in [-0.39, 0.29) is 21.7 Å². The van der Waals surface area contributed by atoms with Crippen LogP contribution in [0.5, 0.6) is 0 Å². The Morgan fingerprint density at radius 1 is 1.17 bits per heavy atom. The minimum atomic E-state index is -3.75. The van der Waals surface area contributed by atoms with Gasteiger partial charge < -0.3 is 10.6 Å². The number of benzene rings is 2. The van der Waals surface area contributed by atoms with Crippen LogP contribution in [0.25, 0.3) is 0 Å². The molecule has 0 bridgehead atoms. The molecule has 1 heterocycles. The van der Waals surface area contributed by atoms with E-state index in [1.165, 1.54) is 6.07 Å². The third-order valence-corrected chi connectivity index (χ3v) is 5.75. The number of amidine groups is 1. The zero-order valence-corrected chi connectivity index (χ0v) is 14.6. The fraction of sp³-hybridized carbons (Fsp3) is 0.0667. The zero-order chi connectivity index (χ0) is 17.2. The predicted molar refractivity (Wildman–Crippen MR) is 97.2 cm³/mol. The van der Waals surface area contributed by atoms with Gasteiger partial charge in [-0.15, -0.1) is 4.40 Å². The Balaban J connectivity index is 1.67. The van der Waals surface area contributed by atoms with Gasteiger partial charge in [0.15, 0.2) is 5.17 Å². The number of hydrogen-bond donors (Lipinski definition) is 2. The lowest BCUT2D eigenvalue weighted by Gasteiger charge is -2.17. The van der Waals surface area contributed by atoms with E-state index >= 15 is 0 Å². The van der Waals surface area contributed by atoms with Gasteiger partial charge in [-0.25, -0.2) is 0 Å². The molecule has 1 aliphatic rings. The molecule has 0 unspecified atom stereocenters. The maximum atomic E-state index is 12.1. The van der Waals surface area contributed by atoms with Gasteiger partial charge in [0.25, 0.3) is 10.0 Å². The molecule has 0 aromatic heterocycles. The number of para-hydroxylation sites is 2. The molecule has 2 aromatic rings. The first-order chi connectivity index (χ1) is 11.5. The van der Waals surface area contributed by atoms with E-state index in [4.69, 9.17) is 11.6 Å². The van der Waals surface area contributed by atoms with E-state index in [9.17, 15) is 13.2 Å². The first-order valence-corrected chi connectivity index (χ1v) is 9.64. The third-order valence-electron chi connectivity index (χ3n) is 3.10. The van der Waals surface area contributed by atoms with E-state index in [1.807, 2.05) is 0 Å². The fourth-order valence-electron chi connectivity index (χ4n) is 2.04. The average Bonchev–Trinajstić information content (AvgIpc) is 2.55. The fourth-order valence-corrected chi connectivity index (χ4v) is 4.26. The number of carbonyl (C=O) groups excluding carboxylic acids is 1. The number of carbonyl (C=O) groups is 1. The molecule has 3 rings (SSSR count). The van der Waals surface area contributed by atoms with Gasteiger partial charge in [-0.3, -0.25) is 4.79 Å². The second-order valence-corrected chi connectivity index (χ2v) is 7.75. The van der Waals surface area contributed by atoms with Gasteiger partial charge in [0, 0.05) is 0 Å². The van der Waals surface area contributed by atoms with Crippen LogP contribution in [0.3, 0.4) is 0 Å². The van der Waals surface area contributed by atoms with Gasteiger partial charge in [0.05, 0.1) is 22.2 Å². The summed E-state index contributed by atoms with van der Waals surface area (Å²) in [4.78, 5) is 12.1. The summed E-state index contributed by atoms with van der Waals surface area (Å²) < 4.78 is 27.9. The van der Waals surface area contributed by atoms with Crippen LogP contribution in [0.1, 0.15) is 0 Å². The lowest BCUT2D eigenvalue weighted by atomic mass is 10.3. The molecular weight excluding hydrogens is 370 g/mol. The highest BCUT2D eigenvalue weighted by atomic mass is 35.5. The SMILES string of the molecule is O=C(CSC1=NS(=O)(=O)c2ccccc2N1)Nc1ccccc1Cl. The van der Waals surface area contributed by atoms with Crippen LogP contribution in [0.15, 0.2) is 57.8 Å². The van der Waals surface area contributed by atoms with Gasteiger partial charge in [0.2, 0.25) is 5.91 Å². The molecule has 1 amide bonds. The topological polar surface area (TPSA) is 87.6 Å². The van der Waals surface area contributed by atoms with Gasteiger partial charge in [0.1, 0.15) is 4.90 Å². The summed E-state index contributed by atoms with van der Waals surface area (Å²) in [5.74, 6) is -0.316. The van der Waals surface area contributed by atoms with Gasteiger partial charge in [-0.05, 0) is 24.3 Å². The van der Waals surface area contributed by atoms with Gasteiger partial charge in [-0.2, -0.15) is 8.42 Å². The highest BCUT2D eigenvalue weighted by Gasteiger charge is 2.24. The van der Waals surface area contributed by atoms with Crippen LogP contribution >= 0.6 is 23.4 Å². The number of nitrogens with one attached hydrogen (secondary N) is 2. The molecule has 0 atom stereocenters. The standard InChI is InChI=1S/C15H12ClN3O3S2/c16-10-5-1-2-6-11(10)17-14(20)9-23-15-18-12-7-3-4-8-13(12)24(21,22)19-15/h1-8H,9H2,(H,17,20)(H,18,19). The van der Waals surface area contributed by atoms with Gasteiger partial charge >= 0.3 is 0 Å². The van der Waals surface area contributed by atoms with Crippen molar-refractivity contribution >= 4 is 55.8 Å². The van der Waals surface area contributed by atoms with Crippen molar-refractivity contribution in [2.75, 3.05) is 16.4 Å². The maximum Gasteiger partial charge on any atom is 0.286 e. The van der Waals surface area contributed by atoms with E-state index in [0.717, 1.165) is 11.8 Å². The maximum absolute atomic E-state index is 12.1. The lowest BCUT2D eigenvalue weighted by molar-refractivity contribution is -0.113. The van der Waals surface area contributed by atoms with Crippen LogP contribution in [0, 0.1) is 0 Å². The quantitative estimate of drug-likeness (QED) is 0.852. The molecule has 0 radical (unpaired) electrons. The molecule has 9 heteroatoms. The summed E-state index contributed by atoms with van der Waals surface area (Å²) in [5.41, 5.74) is 0.947. The van der Waals surface area contributed by atoms with Crippen LogP contribution in [-0.2, 0) is 14.8 Å². The zero-order valence-electron chi connectivity index (χ0n) is 12.2. The molecule has 0 saturated heterocycles. The molecule has 0 aliphatic carbocycles. The molecule has 2 aromatic carbocycles. The smallest absolute Gasteiger partial charge is 0.286 e. The number of nitrogens with zero attached hydrogens (tertiary/aromatic N) is 1. The molecular formula is C15H12ClN3O3S2. The summed E-state index contributed by atoms with van der Waals surface area (Å²) in [6, 6.07) is 13.3. The Labute approximate surface area is 148 Å². The van der Waals surface area contributed by atoms with E-state index in [0.29, 0.717) is 16.4 Å². The first kappa shape index (κ1) is 16.8. The third kappa shape index (κ3) is 3.72. The second-order valence-electron chi connectivity index (χ2n) is 4.81. The van der Waals surface area contributed by atoms with Crippen LogP contribution in [-0.4, -0.2) is 25.2 Å². The van der Waals surface area contributed by atoms with E-state index < -0.39 is 10.0 Å². The number of thioether (sulfide) groups is 1. The number of amides is 1. The predicted octanol–water partition coefficient (Wildman–Crippen LogP) is 3.18. The highest BCUT2D eigenvalue weighted by Crippen LogP contribution is 2.29. The number of rotatable bonds is 3. The Morgan fingerprint density at radius 3 is 2.67 bits per heavy atom. The van der Waals surface area contributed by atoms with Crippen LogP contribution < -0.4 is 10.6 Å². The molecule has 1 aliphatic heterocycles. The summed E-state index contributed by atoms with van der Waals surface area (Å²) in [6.07, 6.45) is 0. The molecule has 124 valence electrons. The summed E-state index contributed by atoms with van der Waals surface area (Å²) in [6.45, 7) is 0. The number of fused-ring (bicyclic) bond motifs is 1. The molecule has 0 fully saturated rings. The molecule has 0 spiro atoms. The Kier molecular flexibility index (Phi) is 4.79. The number of sulfonamides is 1. The van der Waals surface area contributed by atoms with E-state index in [2.05, 4.69) is 15.0 Å². The van der Waals surface area contributed by atoms with Crippen molar-refractivity contribution in [1.82, 2.24) is 0 Å². The average molecular weight is 382 g/mol. The molecule has 24 heavy (non-hydrogen) atoms. The second kappa shape index (κ2) is 6.84. The van der Waals surface area contributed by atoms with Crippen LogP contribution in [0.2, 0.25) is 5.02 Å². The van der Waals surface area contributed by atoms with Gasteiger partial charge in [-0.1, -0.05) is 47.6 Å². The normalized spacial score (nSPS) is 15.0. The number of hydrogen-bond acceptors (Lipinski definition) is 5. The van der Waals surface area contributed by atoms with Crippen molar-refractivity contribution in [3.63, 3.8) is 0 Å². The summed E-state index contributed by atoms with van der Waals surface area (Å²) in [7, 11) is -3.75. The molecule has 2 N–H and O–H groups in total. The molecule has 0 saturated carbocycles. The largest absolute Gasteiger partial charge is 0.333 e. The van der Waals surface area contributed by atoms with Crippen molar-refractivity contribution in [1.29, 1.82) is 0 Å². The van der Waals surface area contributed by atoms with Crippen molar-refractivity contribution in [2.24, 2.45) is 4.40 Å². The molecule has 6 nitrogen and oxygen atoms in total. The Hall–Kier alpha value is -2.03. The van der Waals surface area contributed by atoms with Crippen molar-refractivity contribution in [2.45, 2.75) is 4.90 Å². The van der Waals surface area contributed by atoms with E-state index in [1.54, 1.807) is 42.5 Å². The highest BCUT2D eigenvalue weighted by molar-refractivity contribution is 8.15. The minimum absolute atomic E-state index is 0.00521. The Morgan fingerprint density at radius 2 is 1.88 bits per heavy atom. The monoisotopic (exact) mass is 381 g/mol. The number of halogens is 1. The first-order valence-electron chi connectivity index (χ1n) is 6.84. The lowest BCUT2D eigenvalue weighted by Crippen LogP contribution is -2.22. The summed E-state index contributed by atoms with van der Waals surface area (Å²) >= 11 is 6.97. The van der Waals surface area contributed by atoms with Crippen molar-refractivity contribution in [3.8, 4) is 0 Å².